The van der Waals surface area contributed by atoms with E-state index >= 15 is 0 Å². The monoisotopic (exact) mass is 673 g/mol. The topological polar surface area (TPSA) is 72.1 Å². The number of nitrogens with zero attached hydrogens (tertiary/aromatic N) is 1. The van der Waals surface area contributed by atoms with Gasteiger partial charge in [0.25, 0.3) is 0 Å². The van der Waals surface area contributed by atoms with Crippen LogP contribution in [-0.4, -0.2) is 55.7 Å². The average molecular weight is 674 g/mol. The van der Waals surface area contributed by atoms with Gasteiger partial charge >= 0.3 is 0 Å². The lowest BCUT2D eigenvalue weighted by Crippen LogP contribution is -2.54. The number of likely N-dealkylation sites (tertiary alicyclic amines) is 1. The van der Waals surface area contributed by atoms with Crippen molar-refractivity contribution in [2.45, 2.75) is 97.9 Å². The van der Waals surface area contributed by atoms with Crippen LogP contribution in [0.2, 0.25) is 5.02 Å². The Bertz CT molecular complexity index is 1600. The molecule has 2 N–H and O–H groups in total. The molecular weight excluding hydrogens is 622 g/mol. The van der Waals surface area contributed by atoms with Crippen LogP contribution in [0.3, 0.4) is 0 Å². The number of carbonyl (C=O) groups excluding carboxylic acids is 1. The van der Waals surface area contributed by atoms with E-state index < -0.39 is 0 Å². The van der Waals surface area contributed by atoms with Crippen molar-refractivity contribution < 1.29 is 19.0 Å². The molecule has 2 heterocycles. The third-order valence-corrected chi connectivity index (χ3v) is 10.5. The highest BCUT2D eigenvalue weighted by Crippen LogP contribution is 2.44. The zero-order valence-electron chi connectivity index (χ0n) is 29.3. The first-order chi connectivity index (χ1) is 23.1. The van der Waals surface area contributed by atoms with Gasteiger partial charge in [0, 0.05) is 49.8 Å². The van der Waals surface area contributed by atoms with Gasteiger partial charge in [0.1, 0.15) is 23.4 Å². The van der Waals surface area contributed by atoms with Crippen molar-refractivity contribution in [3.05, 3.63) is 75.8 Å². The Kier molecular flexibility index (Phi) is 10.9. The summed E-state index contributed by atoms with van der Waals surface area (Å²) in [5, 5.41) is 7.02. The van der Waals surface area contributed by atoms with Crippen molar-refractivity contribution in [1.29, 1.82) is 0 Å². The summed E-state index contributed by atoms with van der Waals surface area (Å²) in [7, 11) is 0. The van der Waals surface area contributed by atoms with Crippen LogP contribution >= 0.6 is 11.6 Å². The van der Waals surface area contributed by atoms with Crippen LogP contribution in [0, 0.1) is 12.3 Å². The van der Waals surface area contributed by atoms with Gasteiger partial charge in [0.2, 0.25) is 5.91 Å². The zero-order chi connectivity index (χ0) is 33.8. The van der Waals surface area contributed by atoms with Gasteiger partial charge in [0.05, 0.1) is 18.2 Å². The lowest BCUT2D eigenvalue weighted by molar-refractivity contribution is -0.119. The fraction of sp³-hybridized carbons (Fsp3) is 0.525. The van der Waals surface area contributed by atoms with Crippen LogP contribution < -0.4 is 24.8 Å². The number of nitrogens with one attached hydrogen (secondary N) is 2. The third kappa shape index (κ3) is 7.79. The van der Waals surface area contributed by atoms with Crippen LogP contribution in [0.25, 0.3) is 11.1 Å². The number of benzene rings is 3. The molecule has 3 aliphatic rings. The molecule has 0 radical (unpaired) electrons. The molecule has 3 aromatic rings. The van der Waals surface area contributed by atoms with Crippen molar-refractivity contribution >= 4 is 17.5 Å². The van der Waals surface area contributed by atoms with Crippen LogP contribution in [0.5, 0.6) is 17.2 Å². The highest BCUT2D eigenvalue weighted by atomic mass is 35.5. The minimum atomic E-state index is -0.0972. The Morgan fingerprint density at radius 3 is 2.52 bits per heavy atom. The van der Waals surface area contributed by atoms with Crippen LogP contribution in [-0.2, 0) is 17.8 Å². The maximum atomic E-state index is 11.6. The summed E-state index contributed by atoms with van der Waals surface area (Å²) in [5.74, 6) is 2.48. The summed E-state index contributed by atoms with van der Waals surface area (Å²) < 4.78 is 19.0. The summed E-state index contributed by atoms with van der Waals surface area (Å²) in [4.78, 5) is 14.2. The van der Waals surface area contributed by atoms with E-state index in [0.717, 1.165) is 55.9 Å². The van der Waals surface area contributed by atoms with Crippen LogP contribution in [0.4, 0.5) is 0 Å². The molecule has 0 bridgehead atoms. The van der Waals surface area contributed by atoms with E-state index in [9.17, 15) is 4.79 Å². The van der Waals surface area contributed by atoms with Gasteiger partial charge in [-0.1, -0.05) is 62.7 Å². The number of hydrogen-bond donors (Lipinski definition) is 2. The molecule has 0 aromatic heterocycles. The number of hydrogen-bond acceptors (Lipinski definition) is 6. The van der Waals surface area contributed by atoms with Gasteiger partial charge in [-0.2, -0.15) is 0 Å². The molecule has 8 heteroatoms. The Morgan fingerprint density at radius 2 is 1.79 bits per heavy atom. The number of halogens is 1. The molecular formula is C40H52ClN3O4. The first-order valence-corrected chi connectivity index (χ1v) is 18.2. The predicted molar refractivity (Wildman–Crippen MR) is 193 cm³/mol. The molecule has 48 heavy (non-hydrogen) atoms. The van der Waals surface area contributed by atoms with E-state index in [4.69, 9.17) is 25.8 Å². The lowest BCUT2D eigenvalue weighted by Gasteiger charge is -2.48. The number of carbonyl (C=O) groups is 1. The molecule has 6 rings (SSSR count). The third-order valence-electron chi connectivity index (χ3n) is 10.2. The van der Waals surface area contributed by atoms with Gasteiger partial charge in [-0.3, -0.25) is 9.69 Å². The van der Waals surface area contributed by atoms with E-state index in [1.165, 1.54) is 40.8 Å². The lowest BCUT2D eigenvalue weighted by atomic mass is 9.79. The van der Waals surface area contributed by atoms with Crippen molar-refractivity contribution in [3.8, 4) is 28.4 Å². The average Bonchev–Trinajstić information content (AvgIpc) is 3.64. The maximum absolute atomic E-state index is 11.6. The molecule has 0 spiro atoms. The normalized spacial score (nSPS) is 20.7. The van der Waals surface area contributed by atoms with E-state index in [1.807, 2.05) is 19.1 Å². The Morgan fingerprint density at radius 1 is 0.979 bits per heavy atom. The number of fused-ring (bicyclic) bond motifs is 1. The van der Waals surface area contributed by atoms with Crippen LogP contribution in [0.1, 0.15) is 88.2 Å². The standard InChI is InChI=1S/C40H52ClN3O4/c1-6-46-36-23-37(33(41)22-27(36)24-42-25-28-14-17-39(45)43-28)48-35-16-15-31-30(11-7-12-32(31)35)29-10-8-13-34(26(29)2)47-21-9-19-44-20-18-38(44)40(3,4)5/h7-8,10-13,22-23,28,35,38,42H,6,9,14-21,24-25H2,1-5H3,(H,43,45)/t28-,35-,38?/m0/s1. The second kappa shape index (κ2) is 15.1. The molecule has 1 aliphatic carbocycles. The Hall–Kier alpha value is -3.26. The second-order valence-electron chi connectivity index (χ2n) is 14.6. The SMILES string of the molecule is CCOc1cc(O[C@H]2CCc3c(-c4cccc(OCCCN5CCC5C(C)(C)C)c4C)cccc32)c(Cl)cc1CNC[C@@H]1CCC(=O)N1. The van der Waals surface area contributed by atoms with E-state index in [1.54, 1.807) is 0 Å². The molecule has 3 aromatic carbocycles. The fourth-order valence-electron chi connectivity index (χ4n) is 7.65. The summed E-state index contributed by atoms with van der Waals surface area (Å²) in [5.41, 5.74) is 7.48. The highest BCUT2D eigenvalue weighted by Gasteiger charge is 2.36. The molecule has 0 saturated carbocycles. The minimum absolute atomic E-state index is 0.0972. The fourth-order valence-corrected chi connectivity index (χ4v) is 7.88. The molecule has 258 valence electrons. The largest absolute Gasteiger partial charge is 0.493 e. The van der Waals surface area contributed by atoms with Gasteiger partial charge in [-0.05, 0) is 97.9 Å². The summed E-state index contributed by atoms with van der Waals surface area (Å²) in [6.45, 7) is 16.0. The molecule has 3 atom stereocenters. The van der Waals surface area contributed by atoms with Crippen LogP contribution in [0.15, 0.2) is 48.5 Å². The maximum Gasteiger partial charge on any atom is 0.220 e. The first kappa shape index (κ1) is 34.6. The Labute approximate surface area is 291 Å². The quantitative estimate of drug-likeness (QED) is 0.169. The van der Waals surface area contributed by atoms with Gasteiger partial charge in [-0.25, -0.2) is 0 Å². The highest BCUT2D eigenvalue weighted by molar-refractivity contribution is 6.32. The summed E-state index contributed by atoms with van der Waals surface area (Å²) >= 11 is 6.82. The van der Waals surface area contributed by atoms with Gasteiger partial charge in [-0.15, -0.1) is 0 Å². The van der Waals surface area contributed by atoms with Crippen molar-refractivity contribution in [2.75, 3.05) is 32.8 Å². The summed E-state index contributed by atoms with van der Waals surface area (Å²) in [6, 6.07) is 17.7. The molecule has 2 saturated heterocycles. The molecule has 2 fully saturated rings. The minimum Gasteiger partial charge on any atom is -0.493 e. The van der Waals surface area contributed by atoms with Gasteiger partial charge in [0.15, 0.2) is 0 Å². The summed E-state index contributed by atoms with van der Waals surface area (Å²) in [6.07, 6.45) is 5.50. The van der Waals surface area contributed by atoms with Gasteiger partial charge < -0.3 is 24.8 Å². The molecule has 1 amide bonds. The van der Waals surface area contributed by atoms with E-state index in [-0.39, 0.29) is 18.1 Å². The molecule has 1 unspecified atom stereocenters. The van der Waals surface area contributed by atoms with Crippen molar-refractivity contribution in [1.82, 2.24) is 15.5 Å². The van der Waals surface area contributed by atoms with E-state index in [2.05, 4.69) is 79.6 Å². The molecule has 7 nitrogen and oxygen atoms in total. The first-order valence-electron chi connectivity index (χ1n) is 17.8. The van der Waals surface area contributed by atoms with E-state index in [0.29, 0.717) is 48.3 Å². The smallest absolute Gasteiger partial charge is 0.220 e. The number of rotatable bonds is 14. The number of ether oxygens (including phenoxy) is 3. The zero-order valence-corrected chi connectivity index (χ0v) is 30.1. The second-order valence-corrected chi connectivity index (χ2v) is 15.0. The number of amides is 1. The molecule has 2 aliphatic heterocycles. The Balaban J connectivity index is 1.11. The van der Waals surface area contributed by atoms with Crippen molar-refractivity contribution in [2.24, 2.45) is 5.41 Å². The predicted octanol–water partition coefficient (Wildman–Crippen LogP) is 8.04. The van der Waals surface area contributed by atoms with Crippen molar-refractivity contribution in [3.63, 3.8) is 0 Å².